The molecular weight excluding hydrogens is 410 g/mol. The molecule has 1 heterocycles. The van der Waals surface area contributed by atoms with E-state index < -0.39 is 0 Å². The Bertz CT molecular complexity index is 592. The van der Waals surface area contributed by atoms with E-state index in [1.54, 1.807) is 0 Å². The molecule has 21 heavy (non-hydrogen) atoms. The van der Waals surface area contributed by atoms with E-state index in [-0.39, 0.29) is 0 Å². The second kappa shape index (κ2) is 7.40. The van der Waals surface area contributed by atoms with Crippen LogP contribution in [-0.4, -0.2) is 12.6 Å². The molecule has 1 unspecified atom stereocenters. The van der Waals surface area contributed by atoms with Crippen molar-refractivity contribution in [2.75, 3.05) is 6.54 Å². The molecule has 3 rings (SSSR count). The molecule has 1 aliphatic carbocycles. The van der Waals surface area contributed by atoms with E-state index in [1.807, 2.05) is 11.3 Å². The summed E-state index contributed by atoms with van der Waals surface area (Å²) in [6.45, 7) is 1.11. The van der Waals surface area contributed by atoms with Crippen LogP contribution >= 0.6 is 43.2 Å². The highest BCUT2D eigenvalue weighted by molar-refractivity contribution is 9.11. The molecule has 0 amide bonds. The average Bonchev–Trinajstić information content (AvgIpc) is 3.21. The summed E-state index contributed by atoms with van der Waals surface area (Å²) in [4.78, 5) is 1.47. The Labute approximate surface area is 147 Å². The van der Waals surface area contributed by atoms with Gasteiger partial charge in [0.1, 0.15) is 0 Å². The van der Waals surface area contributed by atoms with E-state index in [0.29, 0.717) is 5.92 Å². The first-order chi connectivity index (χ1) is 10.2. The molecule has 112 valence electrons. The Balaban J connectivity index is 1.67. The topological polar surface area (TPSA) is 12.0 Å². The molecule has 0 spiro atoms. The quantitative estimate of drug-likeness (QED) is 0.620. The summed E-state index contributed by atoms with van der Waals surface area (Å²) < 4.78 is 2.46. The number of benzene rings is 1. The molecule has 0 radical (unpaired) electrons. The van der Waals surface area contributed by atoms with E-state index >= 15 is 0 Å². The van der Waals surface area contributed by atoms with Crippen molar-refractivity contribution in [2.24, 2.45) is 5.92 Å². The van der Waals surface area contributed by atoms with Gasteiger partial charge in [0.25, 0.3) is 0 Å². The van der Waals surface area contributed by atoms with Crippen molar-refractivity contribution in [3.63, 3.8) is 0 Å². The summed E-state index contributed by atoms with van der Waals surface area (Å²) in [5.41, 5.74) is 1.41. The smallest absolute Gasteiger partial charge is 0.0701 e. The van der Waals surface area contributed by atoms with Crippen molar-refractivity contribution in [3.05, 3.63) is 55.1 Å². The van der Waals surface area contributed by atoms with Gasteiger partial charge in [-0.3, -0.25) is 0 Å². The molecule has 1 nitrogen and oxygen atoms in total. The fourth-order valence-corrected chi connectivity index (χ4v) is 4.60. The molecule has 0 aliphatic heterocycles. The van der Waals surface area contributed by atoms with Crippen LogP contribution < -0.4 is 5.32 Å². The molecule has 1 saturated carbocycles. The molecule has 1 N–H and O–H groups in total. The van der Waals surface area contributed by atoms with Crippen LogP contribution in [0.25, 0.3) is 0 Å². The summed E-state index contributed by atoms with van der Waals surface area (Å²) in [6.07, 6.45) is 4.98. The lowest BCUT2D eigenvalue weighted by Crippen LogP contribution is -2.27. The summed E-state index contributed by atoms with van der Waals surface area (Å²) in [7, 11) is 0. The van der Waals surface area contributed by atoms with Crippen LogP contribution in [0.3, 0.4) is 0 Å². The zero-order chi connectivity index (χ0) is 14.7. The maximum Gasteiger partial charge on any atom is 0.0701 e. The molecule has 0 saturated heterocycles. The third-order valence-corrected chi connectivity index (χ3v) is 6.28. The highest BCUT2D eigenvalue weighted by Crippen LogP contribution is 2.27. The van der Waals surface area contributed by atoms with E-state index in [9.17, 15) is 0 Å². The Morgan fingerprint density at radius 3 is 2.57 bits per heavy atom. The monoisotopic (exact) mass is 427 g/mol. The van der Waals surface area contributed by atoms with Gasteiger partial charge in [-0.15, -0.1) is 11.3 Å². The van der Waals surface area contributed by atoms with Crippen LogP contribution in [-0.2, 0) is 12.8 Å². The minimum Gasteiger partial charge on any atom is -0.314 e. The van der Waals surface area contributed by atoms with Gasteiger partial charge in [-0.05, 0) is 77.8 Å². The normalized spacial score (nSPS) is 16.1. The summed E-state index contributed by atoms with van der Waals surface area (Å²) in [5, 5.41) is 3.70. The van der Waals surface area contributed by atoms with Gasteiger partial charge in [-0.2, -0.15) is 0 Å². The van der Waals surface area contributed by atoms with E-state index in [2.05, 4.69) is 73.6 Å². The van der Waals surface area contributed by atoms with Gasteiger partial charge in [-0.1, -0.05) is 34.1 Å². The summed E-state index contributed by atoms with van der Waals surface area (Å²) >= 11 is 9.11. The SMILES string of the molecule is Brc1ccc(CC(CNC2CC2)Cc2ccccc2Br)s1. The number of thiophene rings is 1. The van der Waals surface area contributed by atoms with Crippen molar-refractivity contribution < 1.29 is 0 Å². The second-order valence-corrected chi connectivity index (χ2v) is 9.16. The van der Waals surface area contributed by atoms with Crippen molar-refractivity contribution in [3.8, 4) is 0 Å². The van der Waals surface area contributed by atoms with Crippen LogP contribution in [0.2, 0.25) is 0 Å². The summed E-state index contributed by atoms with van der Waals surface area (Å²) in [6, 6.07) is 13.8. The van der Waals surface area contributed by atoms with E-state index in [0.717, 1.165) is 25.4 Å². The van der Waals surface area contributed by atoms with Gasteiger partial charge in [0, 0.05) is 15.4 Å². The lowest BCUT2D eigenvalue weighted by Gasteiger charge is -2.18. The highest BCUT2D eigenvalue weighted by atomic mass is 79.9. The molecule has 4 heteroatoms. The second-order valence-electron chi connectivity index (χ2n) is 5.75. The first kappa shape index (κ1) is 15.7. The largest absolute Gasteiger partial charge is 0.314 e. The van der Waals surface area contributed by atoms with Crippen molar-refractivity contribution in [2.45, 2.75) is 31.7 Å². The Hall–Kier alpha value is -0.160. The van der Waals surface area contributed by atoms with Crippen LogP contribution in [0.4, 0.5) is 0 Å². The fourth-order valence-electron chi connectivity index (χ4n) is 2.56. The minimum atomic E-state index is 0.648. The molecule has 1 atom stereocenters. The van der Waals surface area contributed by atoms with Gasteiger partial charge < -0.3 is 5.32 Å². The molecule has 1 aromatic carbocycles. The van der Waals surface area contributed by atoms with E-state index in [1.165, 1.54) is 31.5 Å². The fraction of sp³-hybridized carbons (Fsp3) is 0.412. The minimum absolute atomic E-state index is 0.648. The van der Waals surface area contributed by atoms with Gasteiger partial charge in [0.05, 0.1) is 3.79 Å². The molecule has 1 aromatic heterocycles. The predicted molar refractivity (Wildman–Crippen MR) is 98.1 cm³/mol. The predicted octanol–water partition coefficient (Wildman–Crippen LogP) is 5.43. The molecule has 1 fully saturated rings. The molecule has 1 aliphatic rings. The lowest BCUT2D eigenvalue weighted by molar-refractivity contribution is 0.471. The summed E-state index contributed by atoms with van der Waals surface area (Å²) in [5.74, 6) is 0.648. The van der Waals surface area contributed by atoms with Crippen molar-refractivity contribution in [1.29, 1.82) is 0 Å². The third-order valence-electron chi connectivity index (χ3n) is 3.86. The van der Waals surface area contributed by atoms with Gasteiger partial charge in [-0.25, -0.2) is 0 Å². The lowest BCUT2D eigenvalue weighted by atomic mass is 9.95. The maximum atomic E-state index is 3.70. The van der Waals surface area contributed by atoms with Gasteiger partial charge >= 0.3 is 0 Å². The van der Waals surface area contributed by atoms with Gasteiger partial charge in [0.15, 0.2) is 0 Å². The van der Waals surface area contributed by atoms with Crippen molar-refractivity contribution in [1.82, 2.24) is 5.32 Å². The van der Waals surface area contributed by atoms with Gasteiger partial charge in [0.2, 0.25) is 0 Å². The Kier molecular flexibility index (Phi) is 5.54. The molecule has 0 bridgehead atoms. The zero-order valence-electron chi connectivity index (χ0n) is 11.8. The number of rotatable bonds is 7. The van der Waals surface area contributed by atoms with Crippen LogP contribution in [0, 0.1) is 5.92 Å². The van der Waals surface area contributed by atoms with Crippen molar-refractivity contribution >= 4 is 43.2 Å². The molecular formula is C17H19Br2NS. The van der Waals surface area contributed by atoms with Crippen LogP contribution in [0.5, 0.6) is 0 Å². The first-order valence-electron chi connectivity index (χ1n) is 7.41. The van der Waals surface area contributed by atoms with Crippen LogP contribution in [0.15, 0.2) is 44.7 Å². The number of hydrogen-bond acceptors (Lipinski definition) is 2. The first-order valence-corrected chi connectivity index (χ1v) is 9.82. The standard InChI is InChI=1S/C17H19Br2NS/c18-16-4-2-1-3-13(16)9-12(11-20-14-5-6-14)10-15-7-8-17(19)21-15/h1-4,7-8,12,14,20H,5-6,9-11H2. The number of nitrogens with one attached hydrogen (secondary N) is 1. The van der Waals surface area contributed by atoms with E-state index in [4.69, 9.17) is 0 Å². The average molecular weight is 429 g/mol. The van der Waals surface area contributed by atoms with Crippen LogP contribution in [0.1, 0.15) is 23.3 Å². The Morgan fingerprint density at radius 1 is 1.10 bits per heavy atom. The zero-order valence-corrected chi connectivity index (χ0v) is 15.8. The number of hydrogen-bond donors (Lipinski definition) is 1. The number of halogens is 2. The highest BCUT2D eigenvalue weighted by Gasteiger charge is 2.22. The molecule has 2 aromatic rings. The maximum absolute atomic E-state index is 3.70. The Morgan fingerprint density at radius 2 is 1.90 bits per heavy atom. The third kappa shape index (κ3) is 4.92.